The van der Waals surface area contributed by atoms with E-state index in [0.717, 1.165) is 29.8 Å². The molecule has 4 aromatic rings. The molecule has 0 atom stereocenters. The summed E-state index contributed by atoms with van der Waals surface area (Å²) in [7, 11) is -2.33. The van der Waals surface area contributed by atoms with Crippen LogP contribution in [-0.4, -0.2) is 31.5 Å². The third-order valence-electron chi connectivity index (χ3n) is 6.12. The predicted molar refractivity (Wildman–Crippen MR) is 137 cm³/mol. The van der Waals surface area contributed by atoms with E-state index in [4.69, 9.17) is 8.92 Å². The largest absolute Gasteiger partial charge is 0.497 e. The van der Waals surface area contributed by atoms with Crippen LogP contribution in [0.3, 0.4) is 0 Å². The summed E-state index contributed by atoms with van der Waals surface area (Å²) in [6.07, 6.45) is 4.77. The van der Waals surface area contributed by atoms with Crippen LogP contribution in [0.4, 0.5) is 11.6 Å². The summed E-state index contributed by atoms with van der Waals surface area (Å²) in [5.74, 6) is 1.58. The van der Waals surface area contributed by atoms with Gasteiger partial charge in [0.15, 0.2) is 0 Å². The molecule has 1 aliphatic rings. The van der Waals surface area contributed by atoms with Gasteiger partial charge in [0.1, 0.15) is 16.4 Å². The smallest absolute Gasteiger partial charge is 0.339 e. The van der Waals surface area contributed by atoms with Crippen molar-refractivity contribution in [3.05, 3.63) is 72.3 Å². The number of methoxy groups -OCH3 is 1. The Morgan fingerprint density at radius 2 is 1.80 bits per heavy atom. The monoisotopic (exact) mass is 492 g/mol. The zero-order valence-corrected chi connectivity index (χ0v) is 20.3. The summed E-state index contributed by atoms with van der Waals surface area (Å²) in [5.41, 5.74) is 3.33. The van der Waals surface area contributed by atoms with Crippen molar-refractivity contribution in [2.45, 2.75) is 43.2 Å². The fourth-order valence-corrected chi connectivity index (χ4v) is 5.21. The van der Waals surface area contributed by atoms with Crippen molar-refractivity contribution < 1.29 is 17.3 Å². The fraction of sp³-hybridized carbons (Fsp3) is 0.269. The number of imidazole rings is 1. The summed E-state index contributed by atoms with van der Waals surface area (Å²) in [6.45, 7) is 0.556. The van der Waals surface area contributed by atoms with Crippen molar-refractivity contribution >= 4 is 32.8 Å². The van der Waals surface area contributed by atoms with Crippen molar-refractivity contribution in [1.82, 2.24) is 9.97 Å². The normalized spacial score (nSPS) is 14.2. The minimum Gasteiger partial charge on any atom is -0.497 e. The van der Waals surface area contributed by atoms with E-state index in [2.05, 4.69) is 20.6 Å². The molecule has 8 nitrogen and oxygen atoms in total. The summed E-state index contributed by atoms with van der Waals surface area (Å²) in [6, 6.07) is 19.9. The number of fused-ring (bicyclic) bond motifs is 1. The number of ether oxygens (including phenoxy) is 1. The van der Waals surface area contributed by atoms with E-state index in [0.29, 0.717) is 29.6 Å². The minimum atomic E-state index is -3.96. The van der Waals surface area contributed by atoms with E-state index in [-0.39, 0.29) is 10.6 Å². The fourth-order valence-electron chi connectivity index (χ4n) is 4.29. The maximum Gasteiger partial charge on any atom is 0.339 e. The van der Waals surface area contributed by atoms with Crippen LogP contribution < -0.4 is 19.6 Å². The zero-order chi connectivity index (χ0) is 24.3. The molecule has 0 radical (unpaired) electrons. The Kier molecular flexibility index (Phi) is 6.50. The number of hydrogen-bond acceptors (Lipinski definition) is 7. The maximum absolute atomic E-state index is 12.8. The molecule has 9 heteroatoms. The van der Waals surface area contributed by atoms with Gasteiger partial charge in [0.25, 0.3) is 0 Å². The SMILES string of the molecule is COc1cccc(CNc2nc3ccc(OS(=O)(=O)c4ccc(NC5CCCC5)cc4)cc3[nH]2)c1. The lowest BCUT2D eigenvalue weighted by Gasteiger charge is -2.14. The molecule has 0 unspecified atom stereocenters. The lowest BCUT2D eigenvalue weighted by atomic mass is 10.2. The summed E-state index contributed by atoms with van der Waals surface area (Å²) >= 11 is 0. The van der Waals surface area contributed by atoms with Crippen LogP contribution >= 0.6 is 0 Å². The molecule has 1 fully saturated rings. The van der Waals surface area contributed by atoms with Gasteiger partial charge in [0.2, 0.25) is 5.95 Å². The summed E-state index contributed by atoms with van der Waals surface area (Å²) in [5, 5.41) is 6.70. The third kappa shape index (κ3) is 5.51. The van der Waals surface area contributed by atoms with Crippen LogP contribution in [0.25, 0.3) is 11.0 Å². The van der Waals surface area contributed by atoms with Gasteiger partial charge in [-0.15, -0.1) is 0 Å². The number of nitrogens with one attached hydrogen (secondary N) is 3. The van der Waals surface area contributed by atoms with Crippen molar-refractivity contribution in [1.29, 1.82) is 0 Å². The second-order valence-corrected chi connectivity index (χ2v) is 10.2. The minimum absolute atomic E-state index is 0.111. The average molecular weight is 493 g/mol. The topological polar surface area (TPSA) is 105 Å². The van der Waals surface area contributed by atoms with Crippen LogP contribution in [0.1, 0.15) is 31.2 Å². The molecule has 5 rings (SSSR count). The van der Waals surface area contributed by atoms with Crippen LogP contribution in [-0.2, 0) is 16.7 Å². The summed E-state index contributed by atoms with van der Waals surface area (Å²) < 4.78 is 36.3. The second kappa shape index (κ2) is 9.87. The van der Waals surface area contributed by atoms with Gasteiger partial charge in [-0.05, 0) is 66.9 Å². The lowest BCUT2D eigenvalue weighted by molar-refractivity contribution is 0.414. The number of rotatable bonds is 9. The van der Waals surface area contributed by atoms with E-state index in [1.807, 2.05) is 24.3 Å². The predicted octanol–water partition coefficient (Wildman–Crippen LogP) is 5.31. The van der Waals surface area contributed by atoms with Crippen LogP contribution in [0, 0.1) is 0 Å². The first-order chi connectivity index (χ1) is 17.0. The molecular weight excluding hydrogens is 464 g/mol. The highest BCUT2D eigenvalue weighted by molar-refractivity contribution is 7.87. The van der Waals surface area contributed by atoms with Crippen LogP contribution in [0.2, 0.25) is 0 Å². The van der Waals surface area contributed by atoms with Gasteiger partial charge in [0.05, 0.1) is 18.1 Å². The van der Waals surface area contributed by atoms with Crippen LogP contribution in [0.15, 0.2) is 71.6 Å². The number of H-pyrrole nitrogens is 1. The number of benzene rings is 3. The molecule has 1 heterocycles. The molecule has 1 saturated carbocycles. The molecular formula is C26H28N4O4S. The number of aromatic nitrogens is 2. The van der Waals surface area contributed by atoms with Crippen LogP contribution in [0.5, 0.6) is 11.5 Å². The van der Waals surface area contributed by atoms with Gasteiger partial charge in [0, 0.05) is 24.3 Å². The number of anilines is 2. The number of aromatic amines is 1. The third-order valence-corrected chi connectivity index (χ3v) is 7.38. The Balaban J connectivity index is 1.25. The highest BCUT2D eigenvalue weighted by Gasteiger charge is 2.19. The molecule has 1 aromatic heterocycles. The highest BCUT2D eigenvalue weighted by atomic mass is 32.2. The van der Waals surface area contributed by atoms with Crippen molar-refractivity contribution in [3.8, 4) is 11.5 Å². The molecule has 0 amide bonds. The van der Waals surface area contributed by atoms with Gasteiger partial charge >= 0.3 is 10.1 Å². The molecule has 0 saturated heterocycles. The van der Waals surface area contributed by atoms with E-state index >= 15 is 0 Å². The maximum atomic E-state index is 12.8. The average Bonchev–Trinajstić information content (AvgIpc) is 3.52. The van der Waals surface area contributed by atoms with E-state index in [1.54, 1.807) is 49.6 Å². The Morgan fingerprint density at radius 1 is 1.00 bits per heavy atom. The first-order valence-electron chi connectivity index (χ1n) is 11.7. The van der Waals surface area contributed by atoms with Gasteiger partial charge in [-0.25, -0.2) is 4.98 Å². The molecule has 182 valence electrons. The molecule has 1 aliphatic carbocycles. The van der Waals surface area contributed by atoms with Gasteiger partial charge < -0.3 is 24.5 Å². The lowest BCUT2D eigenvalue weighted by Crippen LogP contribution is -2.14. The highest BCUT2D eigenvalue weighted by Crippen LogP contribution is 2.26. The van der Waals surface area contributed by atoms with Gasteiger partial charge in [-0.2, -0.15) is 8.42 Å². The molecule has 0 spiro atoms. The Labute approximate surface area is 204 Å². The molecule has 0 aliphatic heterocycles. The first kappa shape index (κ1) is 23.0. The molecule has 3 aromatic carbocycles. The summed E-state index contributed by atoms with van der Waals surface area (Å²) in [4.78, 5) is 7.78. The standard InChI is InChI=1S/C26H28N4O4S/c1-33-21-8-4-5-18(15-21)17-27-26-29-24-14-11-22(16-25(24)30-26)34-35(31,32)23-12-9-20(10-13-23)28-19-6-2-3-7-19/h4-5,8-16,19,28H,2-3,6-7,17H2,1H3,(H2,27,29,30). The quantitative estimate of drug-likeness (QED) is 0.272. The Hall–Kier alpha value is -3.72. The van der Waals surface area contributed by atoms with Gasteiger partial charge in [-0.3, -0.25) is 0 Å². The zero-order valence-electron chi connectivity index (χ0n) is 19.5. The van der Waals surface area contributed by atoms with E-state index < -0.39 is 10.1 Å². The first-order valence-corrected chi connectivity index (χ1v) is 13.1. The number of hydrogen-bond donors (Lipinski definition) is 3. The van der Waals surface area contributed by atoms with Crippen molar-refractivity contribution in [3.63, 3.8) is 0 Å². The molecule has 3 N–H and O–H groups in total. The molecule has 0 bridgehead atoms. The second-order valence-electron chi connectivity index (χ2n) is 8.66. The van der Waals surface area contributed by atoms with Crippen molar-refractivity contribution in [2.75, 3.05) is 17.7 Å². The van der Waals surface area contributed by atoms with E-state index in [1.165, 1.54) is 12.8 Å². The molecule has 35 heavy (non-hydrogen) atoms. The Morgan fingerprint density at radius 3 is 2.57 bits per heavy atom. The van der Waals surface area contributed by atoms with E-state index in [9.17, 15) is 8.42 Å². The van der Waals surface area contributed by atoms with Crippen molar-refractivity contribution in [2.24, 2.45) is 0 Å². The number of nitrogens with zero attached hydrogens (tertiary/aromatic N) is 1. The van der Waals surface area contributed by atoms with Gasteiger partial charge in [-0.1, -0.05) is 25.0 Å². The Bertz CT molecular complexity index is 1410.